The summed E-state index contributed by atoms with van der Waals surface area (Å²) in [6.07, 6.45) is 16.0. The van der Waals surface area contributed by atoms with Gasteiger partial charge < -0.3 is 0 Å². The molecule has 1 aliphatic rings. The van der Waals surface area contributed by atoms with Gasteiger partial charge in [0.1, 0.15) is 13.1 Å². The molecule has 3 heteroatoms. The Labute approximate surface area is 215 Å². The molecule has 1 aliphatic carbocycles. The largest absolute Gasteiger partial charge is 0.289 e. The lowest BCUT2D eigenvalue weighted by Crippen LogP contribution is -2.32. The highest BCUT2D eigenvalue weighted by atomic mass is 16.1. The molecule has 0 fully saturated rings. The first-order valence-corrected chi connectivity index (χ1v) is 13.5. The van der Waals surface area contributed by atoms with E-state index in [9.17, 15) is 4.79 Å². The van der Waals surface area contributed by atoms with Gasteiger partial charge in [0.05, 0.1) is 0 Å². The molecule has 0 bridgehead atoms. The first kappa shape index (κ1) is 24.1. The molecule has 36 heavy (non-hydrogen) atoms. The summed E-state index contributed by atoms with van der Waals surface area (Å²) in [4.78, 5) is 13.4. The fourth-order valence-electron chi connectivity index (χ4n) is 5.12. The van der Waals surface area contributed by atoms with E-state index in [-0.39, 0.29) is 5.78 Å². The van der Waals surface area contributed by atoms with Gasteiger partial charge in [-0.1, -0.05) is 51.0 Å². The molecule has 182 valence electrons. The van der Waals surface area contributed by atoms with Gasteiger partial charge in [-0.2, -0.15) is 0 Å². The maximum atomic E-state index is 13.4. The van der Waals surface area contributed by atoms with Crippen molar-refractivity contribution < 1.29 is 13.9 Å². The zero-order valence-corrected chi connectivity index (χ0v) is 21.5. The predicted octanol–water partition coefficient (Wildman–Crippen LogP) is 7.19. The average molecular weight is 477 g/mol. The standard InChI is InChI=1S/C33H36N2O/c1-3-5-7-17-34-19-13-25(14-20-34)27-9-11-29-30-12-10-28(24-32(30)33(36)31(29)23-27)26-15-21-35(22-16-26)18-8-6-4-2/h9-16,19-24H,3-8,17-18H2,1-2H3/q+2. The number of aromatic nitrogens is 2. The molecular formula is C33H36N2O+2. The predicted molar refractivity (Wildman–Crippen MR) is 146 cm³/mol. The van der Waals surface area contributed by atoms with Crippen molar-refractivity contribution in [1.29, 1.82) is 0 Å². The number of pyridine rings is 2. The summed E-state index contributed by atoms with van der Waals surface area (Å²) >= 11 is 0. The molecule has 3 nitrogen and oxygen atoms in total. The van der Waals surface area contributed by atoms with Gasteiger partial charge in [0.25, 0.3) is 0 Å². The van der Waals surface area contributed by atoms with Gasteiger partial charge in [0, 0.05) is 48.2 Å². The maximum absolute atomic E-state index is 13.4. The third-order valence-corrected chi connectivity index (χ3v) is 7.31. The molecule has 0 atom stereocenters. The van der Waals surface area contributed by atoms with E-state index in [1.54, 1.807) is 0 Å². The van der Waals surface area contributed by atoms with Crippen LogP contribution in [-0.4, -0.2) is 5.78 Å². The second-order valence-corrected chi connectivity index (χ2v) is 9.91. The van der Waals surface area contributed by atoms with Crippen LogP contribution in [0.3, 0.4) is 0 Å². The summed E-state index contributed by atoms with van der Waals surface area (Å²) in [5, 5.41) is 0. The Morgan fingerprint density at radius 2 is 0.917 bits per heavy atom. The van der Waals surface area contributed by atoms with Crippen molar-refractivity contribution in [2.45, 2.75) is 65.5 Å². The quantitative estimate of drug-likeness (QED) is 0.155. The number of unbranched alkanes of at least 4 members (excludes halogenated alkanes) is 4. The second-order valence-electron chi connectivity index (χ2n) is 9.91. The Bertz CT molecular complexity index is 1250. The Morgan fingerprint density at radius 1 is 0.500 bits per heavy atom. The van der Waals surface area contributed by atoms with Crippen LogP contribution in [0.2, 0.25) is 0 Å². The van der Waals surface area contributed by atoms with Crippen molar-refractivity contribution in [3.8, 4) is 33.4 Å². The van der Waals surface area contributed by atoms with E-state index in [1.165, 1.54) is 38.5 Å². The molecule has 0 N–H and O–H groups in total. The minimum atomic E-state index is 0.125. The Kier molecular flexibility index (Phi) is 7.36. The van der Waals surface area contributed by atoms with Gasteiger partial charge in [-0.3, -0.25) is 4.79 Å². The van der Waals surface area contributed by atoms with Crippen molar-refractivity contribution in [2.75, 3.05) is 0 Å². The molecule has 0 radical (unpaired) electrons. The van der Waals surface area contributed by atoms with Crippen LogP contribution in [0.4, 0.5) is 0 Å². The van der Waals surface area contributed by atoms with E-state index in [0.717, 1.165) is 57.6 Å². The van der Waals surface area contributed by atoms with Gasteiger partial charge in [0.15, 0.2) is 30.6 Å². The fourth-order valence-corrected chi connectivity index (χ4v) is 5.12. The van der Waals surface area contributed by atoms with Crippen LogP contribution >= 0.6 is 0 Å². The molecule has 0 saturated heterocycles. The average Bonchev–Trinajstić information content (AvgIpc) is 3.20. The number of hydrogen-bond donors (Lipinski definition) is 0. The number of hydrogen-bond acceptors (Lipinski definition) is 1. The van der Waals surface area contributed by atoms with E-state index < -0.39 is 0 Å². The van der Waals surface area contributed by atoms with Gasteiger partial charge in [-0.15, -0.1) is 0 Å². The Balaban J connectivity index is 1.35. The van der Waals surface area contributed by atoms with Gasteiger partial charge in [-0.25, -0.2) is 9.13 Å². The molecule has 0 aliphatic heterocycles. The van der Waals surface area contributed by atoms with Gasteiger partial charge in [0.2, 0.25) is 0 Å². The number of benzene rings is 2. The van der Waals surface area contributed by atoms with Crippen LogP contribution in [-0.2, 0) is 13.1 Å². The summed E-state index contributed by atoms with van der Waals surface area (Å²) < 4.78 is 4.48. The molecule has 2 heterocycles. The van der Waals surface area contributed by atoms with Crippen LogP contribution < -0.4 is 9.13 Å². The van der Waals surface area contributed by atoms with Crippen LogP contribution in [0.1, 0.15) is 68.3 Å². The summed E-state index contributed by atoms with van der Waals surface area (Å²) in [5.41, 5.74) is 8.16. The van der Waals surface area contributed by atoms with E-state index in [0.29, 0.717) is 0 Å². The molecule has 0 unspecified atom stereocenters. The molecule has 5 rings (SSSR count). The molecule has 2 aromatic heterocycles. The maximum Gasteiger partial charge on any atom is 0.194 e. The molecule has 0 amide bonds. The zero-order valence-electron chi connectivity index (χ0n) is 21.5. The zero-order chi connectivity index (χ0) is 24.9. The molecular weight excluding hydrogens is 440 g/mol. The monoisotopic (exact) mass is 476 g/mol. The van der Waals surface area contributed by atoms with Crippen molar-refractivity contribution in [3.05, 3.63) is 96.6 Å². The third kappa shape index (κ3) is 5.02. The van der Waals surface area contributed by atoms with Crippen LogP contribution in [0.25, 0.3) is 33.4 Å². The molecule has 4 aromatic rings. The highest BCUT2D eigenvalue weighted by Gasteiger charge is 2.27. The highest BCUT2D eigenvalue weighted by molar-refractivity contribution is 6.22. The summed E-state index contributed by atoms with van der Waals surface area (Å²) in [5.74, 6) is 0.125. The molecule has 0 saturated carbocycles. The minimum absolute atomic E-state index is 0.125. The normalized spacial score (nSPS) is 12.0. The van der Waals surface area contributed by atoms with Gasteiger partial charge >= 0.3 is 0 Å². The summed E-state index contributed by atoms with van der Waals surface area (Å²) in [6.45, 7) is 6.56. The van der Waals surface area contributed by atoms with Crippen LogP contribution in [0, 0.1) is 0 Å². The number of carbonyl (C=O) groups is 1. The van der Waals surface area contributed by atoms with E-state index in [4.69, 9.17) is 0 Å². The van der Waals surface area contributed by atoms with Gasteiger partial charge in [-0.05, 0) is 58.4 Å². The van der Waals surface area contributed by atoms with E-state index in [1.807, 2.05) is 0 Å². The van der Waals surface area contributed by atoms with E-state index in [2.05, 4.69) is 108 Å². The second kappa shape index (κ2) is 11.0. The van der Waals surface area contributed by atoms with Crippen molar-refractivity contribution in [3.63, 3.8) is 0 Å². The lowest BCUT2D eigenvalue weighted by molar-refractivity contribution is -0.697. The fraction of sp³-hybridized carbons (Fsp3) is 0.303. The van der Waals surface area contributed by atoms with Crippen molar-refractivity contribution in [2.24, 2.45) is 0 Å². The summed E-state index contributed by atoms with van der Waals surface area (Å²) in [6, 6.07) is 21.2. The third-order valence-electron chi connectivity index (χ3n) is 7.31. The first-order chi connectivity index (χ1) is 17.7. The van der Waals surface area contributed by atoms with Crippen LogP contribution in [0.15, 0.2) is 85.5 Å². The Hall–Kier alpha value is -3.59. The van der Waals surface area contributed by atoms with Crippen LogP contribution in [0.5, 0.6) is 0 Å². The first-order valence-electron chi connectivity index (χ1n) is 13.5. The lowest BCUT2D eigenvalue weighted by atomic mass is 9.98. The number of carbonyl (C=O) groups excluding carboxylic acids is 1. The minimum Gasteiger partial charge on any atom is -0.289 e. The van der Waals surface area contributed by atoms with E-state index >= 15 is 0 Å². The number of nitrogens with zero attached hydrogens (tertiary/aromatic N) is 2. The topological polar surface area (TPSA) is 24.8 Å². The number of ketones is 1. The molecule has 0 spiro atoms. The highest BCUT2D eigenvalue weighted by Crippen LogP contribution is 2.40. The SMILES string of the molecule is CCCCC[n+]1ccc(-c2ccc3c(c2)C(=O)c2cc(-c4cc[n+](CCCCC)cc4)ccc2-3)cc1. The lowest BCUT2D eigenvalue weighted by Gasteiger charge is -2.06. The number of rotatable bonds is 10. The summed E-state index contributed by atoms with van der Waals surface area (Å²) in [7, 11) is 0. The van der Waals surface area contributed by atoms with Crippen molar-refractivity contribution >= 4 is 5.78 Å². The molecule has 2 aromatic carbocycles. The van der Waals surface area contributed by atoms with Crippen molar-refractivity contribution in [1.82, 2.24) is 0 Å². The number of aryl methyl sites for hydroxylation is 2. The Morgan fingerprint density at radius 3 is 1.31 bits per heavy atom. The smallest absolute Gasteiger partial charge is 0.194 e. The number of fused-ring (bicyclic) bond motifs is 3.